The van der Waals surface area contributed by atoms with Crippen molar-refractivity contribution < 1.29 is 14.2 Å². The molecule has 0 saturated heterocycles. The number of halogens is 2. The topological polar surface area (TPSA) is 29.5 Å². The highest BCUT2D eigenvalue weighted by atomic mass is 35.5. The molecule has 0 radical (unpaired) electrons. The molecule has 0 aromatic heterocycles. The van der Waals surface area contributed by atoms with Crippen molar-refractivity contribution in [2.45, 2.75) is 19.4 Å². The van der Waals surface area contributed by atoms with Gasteiger partial charge in [0.2, 0.25) is 0 Å². The predicted octanol–water partition coefficient (Wildman–Crippen LogP) is 4.71. The van der Waals surface area contributed by atoms with E-state index in [2.05, 4.69) is 0 Å². The van der Waals surface area contributed by atoms with Gasteiger partial charge in [-0.1, -0.05) is 36.7 Å². The van der Waals surface area contributed by atoms with E-state index < -0.39 is 11.9 Å². The molecule has 0 saturated carbocycles. The lowest BCUT2D eigenvalue weighted by molar-refractivity contribution is 0.173. The largest absolute Gasteiger partial charge is 0.454 e. The van der Waals surface area contributed by atoms with Crippen LogP contribution in [0.1, 0.15) is 25.0 Å². The van der Waals surface area contributed by atoms with Gasteiger partial charge in [0.25, 0.3) is 0 Å². The normalized spacial score (nSPS) is 12.2. The first-order chi connectivity index (χ1) is 9.11. The maximum Gasteiger partial charge on any atom is 0.184 e. The van der Waals surface area contributed by atoms with Crippen molar-refractivity contribution >= 4 is 11.6 Å². The predicted molar refractivity (Wildman–Crippen MR) is 73.2 cm³/mol. The second kappa shape index (κ2) is 6.04. The Balaban J connectivity index is 2.18. The Kier molecular flexibility index (Phi) is 4.40. The third-order valence-electron chi connectivity index (χ3n) is 2.80. The molecule has 100 valence electrons. The molecule has 0 heterocycles. The van der Waals surface area contributed by atoms with Crippen LogP contribution in [0, 0.1) is 5.82 Å². The minimum absolute atomic E-state index is 0.0236. The summed E-state index contributed by atoms with van der Waals surface area (Å²) in [6.07, 6.45) is 0.153. The molecule has 2 nitrogen and oxygen atoms in total. The number of hydrogen-bond acceptors (Lipinski definition) is 2. The molecule has 2 aromatic rings. The maximum atomic E-state index is 13.7. The molecule has 4 heteroatoms. The van der Waals surface area contributed by atoms with Crippen molar-refractivity contribution in [2.75, 3.05) is 0 Å². The van der Waals surface area contributed by atoms with Crippen molar-refractivity contribution in [1.29, 1.82) is 0 Å². The lowest BCUT2D eigenvalue weighted by atomic mass is 10.1. The molecular formula is C15H14ClFO2. The van der Waals surface area contributed by atoms with Gasteiger partial charge >= 0.3 is 0 Å². The summed E-state index contributed by atoms with van der Waals surface area (Å²) in [6.45, 7) is 1.90. The summed E-state index contributed by atoms with van der Waals surface area (Å²) < 4.78 is 19.1. The van der Waals surface area contributed by atoms with Gasteiger partial charge in [0.1, 0.15) is 5.75 Å². The molecule has 0 bridgehead atoms. The molecule has 2 rings (SSSR count). The fourth-order valence-electron chi connectivity index (χ4n) is 1.68. The third kappa shape index (κ3) is 3.25. The average molecular weight is 281 g/mol. The van der Waals surface area contributed by atoms with Gasteiger partial charge in [0.05, 0.1) is 11.1 Å². The molecule has 2 aromatic carbocycles. The monoisotopic (exact) mass is 280 g/mol. The van der Waals surface area contributed by atoms with E-state index in [1.807, 2.05) is 6.92 Å². The van der Waals surface area contributed by atoms with Gasteiger partial charge in [-0.2, -0.15) is 0 Å². The van der Waals surface area contributed by atoms with Crippen LogP contribution in [0.2, 0.25) is 5.02 Å². The van der Waals surface area contributed by atoms with Crippen LogP contribution in [0.3, 0.4) is 0 Å². The molecule has 0 aliphatic heterocycles. The Morgan fingerprint density at radius 1 is 1.21 bits per heavy atom. The van der Waals surface area contributed by atoms with E-state index in [4.69, 9.17) is 16.3 Å². The SMILES string of the molecule is CC[C@@H](O)c1ccc(Oc2cccc(Cl)c2F)cc1. The Hall–Kier alpha value is -1.58. The summed E-state index contributed by atoms with van der Waals surface area (Å²) >= 11 is 5.68. The van der Waals surface area contributed by atoms with Gasteiger partial charge in [-0.15, -0.1) is 0 Å². The van der Waals surface area contributed by atoms with Crippen molar-refractivity contribution in [3.05, 3.63) is 58.9 Å². The van der Waals surface area contributed by atoms with Crippen LogP contribution in [0.4, 0.5) is 4.39 Å². The first-order valence-corrected chi connectivity index (χ1v) is 6.39. The zero-order valence-electron chi connectivity index (χ0n) is 10.4. The van der Waals surface area contributed by atoms with Crippen LogP contribution >= 0.6 is 11.6 Å². The van der Waals surface area contributed by atoms with Crippen molar-refractivity contribution in [3.8, 4) is 11.5 Å². The van der Waals surface area contributed by atoms with Gasteiger partial charge in [-0.25, -0.2) is 4.39 Å². The summed E-state index contributed by atoms with van der Waals surface area (Å²) in [4.78, 5) is 0. The first-order valence-electron chi connectivity index (χ1n) is 6.01. The molecule has 0 spiro atoms. The number of aliphatic hydroxyl groups excluding tert-OH is 1. The van der Waals surface area contributed by atoms with Crippen molar-refractivity contribution in [1.82, 2.24) is 0 Å². The molecule has 19 heavy (non-hydrogen) atoms. The van der Waals surface area contributed by atoms with E-state index >= 15 is 0 Å². The zero-order valence-corrected chi connectivity index (χ0v) is 11.2. The summed E-state index contributed by atoms with van der Waals surface area (Å²) in [7, 11) is 0. The Bertz CT molecular complexity index is 555. The minimum Gasteiger partial charge on any atom is -0.454 e. The highest BCUT2D eigenvalue weighted by Gasteiger charge is 2.09. The summed E-state index contributed by atoms with van der Waals surface area (Å²) in [6, 6.07) is 11.5. The molecule has 0 fully saturated rings. The van der Waals surface area contributed by atoms with Crippen LogP contribution in [0.5, 0.6) is 11.5 Å². The van der Waals surface area contributed by atoms with E-state index in [9.17, 15) is 9.50 Å². The maximum absolute atomic E-state index is 13.7. The second-order valence-electron chi connectivity index (χ2n) is 4.15. The lowest BCUT2D eigenvalue weighted by Gasteiger charge is -2.10. The number of benzene rings is 2. The van der Waals surface area contributed by atoms with Crippen LogP contribution in [0.15, 0.2) is 42.5 Å². The molecule has 0 unspecified atom stereocenters. The van der Waals surface area contributed by atoms with Crippen LogP contribution < -0.4 is 4.74 Å². The van der Waals surface area contributed by atoms with Crippen LogP contribution in [-0.2, 0) is 0 Å². The number of rotatable bonds is 4. The average Bonchev–Trinajstić information content (AvgIpc) is 2.44. The smallest absolute Gasteiger partial charge is 0.184 e. The Morgan fingerprint density at radius 2 is 1.89 bits per heavy atom. The fourth-order valence-corrected chi connectivity index (χ4v) is 1.85. The van der Waals surface area contributed by atoms with Crippen LogP contribution in [-0.4, -0.2) is 5.11 Å². The standard InChI is InChI=1S/C15H14ClFO2/c1-2-13(18)10-6-8-11(9-7-10)19-14-5-3-4-12(16)15(14)17/h3-9,13,18H,2H2,1H3/t13-/m1/s1. The lowest BCUT2D eigenvalue weighted by Crippen LogP contribution is -1.95. The highest BCUT2D eigenvalue weighted by Crippen LogP contribution is 2.29. The third-order valence-corrected chi connectivity index (χ3v) is 3.09. The fraction of sp³-hybridized carbons (Fsp3) is 0.200. The second-order valence-corrected chi connectivity index (χ2v) is 4.55. The van der Waals surface area contributed by atoms with E-state index in [1.54, 1.807) is 30.3 Å². The van der Waals surface area contributed by atoms with E-state index in [1.165, 1.54) is 12.1 Å². The zero-order chi connectivity index (χ0) is 13.8. The van der Waals surface area contributed by atoms with Gasteiger partial charge in [-0.05, 0) is 36.2 Å². The quantitative estimate of drug-likeness (QED) is 0.878. The van der Waals surface area contributed by atoms with Gasteiger partial charge in [0, 0.05) is 0 Å². The number of hydrogen-bond donors (Lipinski definition) is 1. The number of ether oxygens (including phenoxy) is 1. The van der Waals surface area contributed by atoms with Gasteiger partial charge < -0.3 is 9.84 Å². The van der Waals surface area contributed by atoms with E-state index in [0.29, 0.717) is 12.2 Å². The Morgan fingerprint density at radius 3 is 2.53 bits per heavy atom. The van der Waals surface area contributed by atoms with Crippen LogP contribution in [0.25, 0.3) is 0 Å². The van der Waals surface area contributed by atoms with Crippen molar-refractivity contribution in [3.63, 3.8) is 0 Å². The minimum atomic E-state index is -0.582. The van der Waals surface area contributed by atoms with E-state index in [0.717, 1.165) is 5.56 Å². The van der Waals surface area contributed by atoms with Crippen molar-refractivity contribution in [2.24, 2.45) is 0 Å². The first kappa shape index (κ1) is 13.8. The molecule has 1 N–H and O–H groups in total. The van der Waals surface area contributed by atoms with Gasteiger partial charge in [-0.3, -0.25) is 0 Å². The molecule has 0 amide bonds. The summed E-state index contributed by atoms with van der Waals surface area (Å²) in [5.74, 6) is -0.00801. The summed E-state index contributed by atoms with van der Waals surface area (Å²) in [5.41, 5.74) is 0.807. The van der Waals surface area contributed by atoms with Gasteiger partial charge in [0.15, 0.2) is 11.6 Å². The number of aliphatic hydroxyl groups is 1. The Labute approximate surface area is 116 Å². The molecule has 1 atom stereocenters. The molecule has 0 aliphatic rings. The molecular weight excluding hydrogens is 267 g/mol. The summed E-state index contributed by atoms with van der Waals surface area (Å²) in [5, 5.41) is 9.70. The highest BCUT2D eigenvalue weighted by molar-refractivity contribution is 6.30. The van der Waals surface area contributed by atoms with E-state index in [-0.39, 0.29) is 10.8 Å². The molecule has 0 aliphatic carbocycles.